The summed E-state index contributed by atoms with van der Waals surface area (Å²) in [5, 5.41) is 8.78. The smallest absolute Gasteiger partial charge is 0.379 e. The molecule has 174 valence electrons. The van der Waals surface area contributed by atoms with E-state index in [-0.39, 0.29) is 11.6 Å². The number of amides is 1. The van der Waals surface area contributed by atoms with Crippen LogP contribution in [0.5, 0.6) is 0 Å². The molecule has 0 aliphatic rings. The third kappa shape index (κ3) is 5.52. The molecular weight excluding hydrogens is 462 g/mol. The Hall–Kier alpha value is -3.92. The van der Waals surface area contributed by atoms with Crippen LogP contribution in [-0.4, -0.2) is 39.3 Å². The van der Waals surface area contributed by atoms with E-state index in [2.05, 4.69) is 15.4 Å². The summed E-state index contributed by atoms with van der Waals surface area (Å²) in [6.07, 6.45) is -0.579. The summed E-state index contributed by atoms with van der Waals surface area (Å²) in [5.41, 5.74) is 1.38. The van der Waals surface area contributed by atoms with Crippen LogP contribution in [0.1, 0.15) is 23.1 Å². The highest BCUT2D eigenvalue weighted by Gasteiger charge is 2.24. The fourth-order valence-electron chi connectivity index (χ4n) is 3.12. The summed E-state index contributed by atoms with van der Waals surface area (Å²) in [4.78, 5) is 30.1. The fourth-order valence-corrected chi connectivity index (χ4v) is 3.82. The van der Waals surface area contributed by atoms with E-state index in [0.29, 0.717) is 24.5 Å². The summed E-state index contributed by atoms with van der Waals surface area (Å²) in [5.74, 6) is -1.90. The molecule has 10 heteroatoms. The van der Waals surface area contributed by atoms with Gasteiger partial charge in [0.1, 0.15) is 11.6 Å². The Labute approximate surface area is 198 Å². The Morgan fingerprint density at radius 2 is 1.74 bits per heavy atom. The number of rotatable bonds is 8. The van der Waals surface area contributed by atoms with Gasteiger partial charge in [0.2, 0.25) is 0 Å². The standard InChI is InChI=1S/C24H20F2N4O3S/c1-15(23(31)27-13-12-16-4-6-17(25)7-5-16)33-24(32)21-28-22(20-3-2-14-34-20)30(29-21)19-10-8-18(26)9-11-19/h2-11,14-15H,12-13H2,1H3,(H,27,31). The normalized spacial score (nSPS) is 11.7. The second kappa shape index (κ2) is 10.3. The van der Waals surface area contributed by atoms with Gasteiger partial charge in [0.15, 0.2) is 11.9 Å². The quantitative estimate of drug-likeness (QED) is 0.381. The second-order valence-electron chi connectivity index (χ2n) is 7.34. The lowest BCUT2D eigenvalue weighted by atomic mass is 10.1. The van der Waals surface area contributed by atoms with Gasteiger partial charge in [0.25, 0.3) is 11.7 Å². The number of aromatic nitrogens is 3. The summed E-state index contributed by atoms with van der Waals surface area (Å²) in [6, 6.07) is 15.2. The average Bonchev–Trinajstić information content (AvgIpc) is 3.51. The van der Waals surface area contributed by atoms with Crippen molar-refractivity contribution in [2.24, 2.45) is 0 Å². The molecule has 1 atom stereocenters. The molecule has 0 saturated heterocycles. The molecule has 2 aromatic heterocycles. The van der Waals surface area contributed by atoms with E-state index >= 15 is 0 Å². The number of halogens is 2. The van der Waals surface area contributed by atoms with Crippen LogP contribution in [0.25, 0.3) is 16.4 Å². The van der Waals surface area contributed by atoms with E-state index in [1.54, 1.807) is 12.1 Å². The minimum absolute atomic E-state index is 0.223. The third-order valence-electron chi connectivity index (χ3n) is 4.88. The number of thiophene rings is 1. The van der Waals surface area contributed by atoms with Crippen LogP contribution in [-0.2, 0) is 16.0 Å². The van der Waals surface area contributed by atoms with Crippen LogP contribution >= 0.6 is 11.3 Å². The lowest BCUT2D eigenvalue weighted by molar-refractivity contribution is -0.129. The minimum atomic E-state index is -1.08. The Bertz CT molecular complexity index is 1270. The van der Waals surface area contributed by atoms with E-state index in [0.717, 1.165) is 10.4 Å². The van der Waals surface area contributed by atoms with Gasteiger partial charge >= 0.3 is 5.97 Å². The van der Waals surface area contributed by atoms with E-state index in [1.165, 1.54) is 59.3 Å². The van der Waals surface area contributed by atoms with Crippen LogP contribution < -0.4 is 5.32 Å². The van der Waals surface area contributed by atoms with Gasteiger partial charge in [0.05, 0.1) is 10.6 Å². The van der Waals surface area contributed by atoms with Gasteiger partial charge in [0, 0.05) is 6.54 Å². The fraction of sp³-hybridized carbons (Fsp3) is 0.167. The van der Waals surface area contributed by atoms with Gasteiger partial charge in [-0.15, -0.1) is 16.4 Å². The molecule has 4 rings (SSSR count). The summed E-state index contributed by atoms with van der Waals surface area (Å²) in [7, 11) is 0. The molecule has 2 aromatic carbocycles. The largest absolute Gasteiger partial charge is 0.447 e. The highest BCUT2D eigenvalue weighted by molar-refractivity contribution is 7.13. The van der Waals surface area contributed by atoms with Crippen molar-refractivity contribution in [3.05, 3.63) is 89.1 Å². The summed E-state index contributed by atoms with van der Waals surface area (Å²) >= 11 is 1.41. The summed E-state index contributed by atoms with van der Waals surface area (Å²) < 4.78 is 33.0. The van der Waals surface area contributed by atoms with Crippen molar-refractivity contribution in [2.75, 3.05) is 6.54 Å². The first-order valence-electron chi connectivity index (χ1n) is 10.4. The predicted octanol–water partition coefficient (Wildman–Crippen LogP) is 4.18. The number of nitrogens with one attached hydrogen (secondary N) is 1. The monoisotopic (exact) mass is 482 g/mol. The maximum Gasteiger partial charge on any atom is 0.379 e. The topological polar surface area (TPSA) is 86.1 Å². The van der Waals surface area contributed by atoms with Crippen LogP contribution in [0, 0.1) is 11.6 Å². The number of nitrogens with zero attached hydrogens (tertiary/aromatic N) is 3. The number of carbonyl (C=O) groups is 2. The number of hydrogen-bond donors (Lipinski definition) is 1. The number of benzene rings is 2. The SMILES string of the molecule is CC(OC(=O)c1nc(-c2cccs2)n(-c2ccc(F)cc2)n1)C(=O)NCCc1ccc(F)cc1. The molecular formula is C24H20F2N4O3S. The van der Waals surface area contributed by atoms with Crippen LogP contribution in [0.15, 0.2) is 66.0 Å². The molecule has 0 aliphatic carbocycles. The molecule has 0 saturated carbocycles. The maximum absolute atomic E-state index is 13.4. The van der Waals surface area contributed by atoms with Crippen molar-refractivity contribution in [1.29, 1.82) is 0 Å². The number of hydrogen-bond acceptors (Lipinski definition) is 6. The van der Waals surface area contributed by atoms with Gasteiger partial charge in [-0.05, 0) is 66.8 Å². The summed E-state index contributed by atoms with van der Waals surface area (Å²) in [6.45, 7) is 1.74. The Morgan fingerprint density at radius 3 is 2.38 bits per heavy atom. The zero-order valence-electron chi connectivity index (χ0n) is 18.1. The molecule has 1 unspecified atom stereocenters. The Kier molecular flexibility index (Phi) is 7.07. The van der Waals surface area contributed by atoms with Gasteiger partial charge in [-0.2, -0.15) is 4.98 Å². The third-order valence-corrected chi connectivity index (χ3v) is 5.75. The zero-order valence-corrected chi connectivity index (χ0v) is 18.9. The van der Waals surface area contributed by atoms with E-state index < -0.39 is 23.8 Å². The molecule has 0 spiro atoms. The van der Waals surface area contributed by atoms with Gasteiger partial charge in [-0.25, -0.2) is 18.3 Å². The van der Waals surface area contributed by atoms with Crippen molar-refractivity contribution in [1.82, 2.24) is 20.1 Å². The minimum Gasteiger partial charge on any atom is -0.447 e. The van der Waals surface area contributed by atoms with Crippen molar-refractivity contribution < 1.29 is 23.1 Å². The first kappa shape index (κ1) is 23.2. The molecule has 0 aliphatic heterocycles. The van der Waals surface area contributed by atoms with Gasteiger partial charge < -0.3 is 10.1 Å². The maximum atomic E-state index is 13.4. The molecule has 4 aromatic rings. The van der Waals surface area contributed by atoms with E-state index in [4.69, 9.17) is 4.74 Å². The highest BCUT2D eigenvalue weighted by Crippen LogP contribution is 2.26. The molecule has 1 N–H and O–H groups in total. The molecule has 0 bridgehead atoms. The van der Waals surface area contributed by atoms with Gasteiger partial charge in [-0.3, -0.25) is 4.79 Å². The van der Waals surface area contributed by atoms with Crippen LogP contribution in [0.2, 0.25) is 0 Å². The number of carbonyl (C=O) groups excluding carboxylic acids is 2. The van der Waals surface area contributed by atoms with E-state index in [1.807, 2.05) is 17.5 Å². The Morgan fingerprint density at radius 1 is 1.06 bits per heavy atom. The van der Waals surface area contributed by atoms with Crippen LogP contribution in [0.4, 0.5) is 8.78 Å². The zero-order chi connectivity index (χ0) is 24.1. The molecule has 34 heavy (non-hydrogen) atoms. The first-order chi connectivity index (χ1) is 16.4. The van der Waals surface area contributed by atoms with Crippen molar-refractivity contribution in [2.45, 2.75) is 19.4 Å². The molecule has 0 radical (unpaired) electrons. The Balaban J connectivity index is 1.42. The van der Waals surface area contributed by atoms with E-state index in [9.17, 15) is 18.4 Å². The second-order valence-corrected chi connectivity index (χ2v) is 8.29. The van der Waals surface area contributed by atoms with Crippen molar-refractivity contribution >= 4 is 23.2 Å². The van der Waals surface area contributed by atoms with Crippen molar-refractivity contribution in [3.63, 3.8) is 0 Å². The lowest BCUT2D eigenvalue weighted by Crippen LogP contribution is -2.37. The first-order valence-corrected chi connectivity index (χ1v) is 11.3. The lowest BCUT2D eigenvalue weighted by Gasteiger charge is -2.12. The molecule has 2 heterocycles. The number of esters is 1. The van der Waals surface area contributed by atoms with Crippen molar-refractivity contribution in [3.8, 4) is 16.4 Å². The number of ether oxygens (including phenoxy) is 1. The van der Waals surface area contributed by atoms with Gasteiger partial charge in [-0.1, -0.05) is 18.2 Å². The van der Waals surface area contributed by atoms with Crippen LogP contribution in [0.3, 0.4) is 0 Å². The molecule has 7 nitrogen and oxygen atoms in total. The highest BCUT2D eigenvalue weighted by atomic mass is 32.1. The predicted molar refractivity (Wildman–Crippen MR) is 123 cm³/mol. The molecule has 0 fully saturated rings. The average molecular weight is 483 g/mol. The molecule has 1 amide bonds.